The van der Waals surface area contributed by atoms with E-state index >= 15 is 0 Å². The van der Waals surface area contributed by atoms with Gasteiger partial charge in [0, 0.05) is 18.3 Å². The second-order valence-electron chi connectivity index (χ2n) is 5.47. The average Bonchev–Trinajstić information content (AvgIpc) is 3.00. The van der Waals surface area contributed by atoms with E-state index in [-0.39, 0.29) is 0 Å². The fraction of sp³-hybridized carbons (Fsp3) is 0.923. The van der Waals surface area contributed by atoms with E-state index in [2.05, 4.69) is 12.2 Å². The van der Waals surface area contributed by atoms with Crippen LogP contribution in [-0.2, 0) is 4.79 Å². The van der Waals surface area contributed by atoms with Crippen LogP contribution in [0.1, 0.15) is 39.0 Å². The van der Waals surface area contributed by atoms with Crippen molar-refractivity contribution < 1.29 is 4.79 Å². The summed E-state index contributed by atoms with van der Waals surface area (Å²) in [6.07, 6.45) is 6.19. The maximum Gasteiger partial charge on any atom is 0.223 e. The van der Waals surface area contributed by atoms with Crippen molar-refractivity contribution in [1.29, 1.82) is 0 Å². The number of alkyl halides is 1. The highest BCUT2D eigenvalue weighted by atomic mass is 35.5. The second-order valence-corrected chi connectivity index (χ2v) is 5.84. The van der Waals surface area contributed by atoms with E-state index in [1.54, 1.807) is 0 Å². The van der Waals surface area contributed by atoms with Gasteiger partial charge in [-0.2, -0.15) is 0 Å². The normalized spacial score (nSPS) is 34.0. The summed E-state index contributed by atoms with van der Waals surface area (Å²) in [4.78, 5) is 11.9. The van der Waals surface area contributed by atoms with Gasteiger partial charge in [-0.25, -0.2) is 0 Å². The number of hydrogen-bond acceptors (Lipinski definition) is 1. The first-order valence-electron chi connectivity index (χ1n) is 6.57. The zero-order valence-corrected chi connectivity index (χ0v) is 10.8. The molecule has 0 bridgehead atoms. The Bertz CT molecular complexity index is 244. The number of halogens is 1. The Morgan fingerprint density at radius 1 is 1.38 bits per heavy atom. The summed E-state index contributed by atoms with van der Waals surface area (Å²) in [6, 6.07) is 0. The molecule has 16 heavy (non-hydrogen) atoms. The molecule has 1 N–H and O–H groups in total. The van der Waals surface area contributed by atoms with E-state index in [0.717, 1.165) is 24.8 Å². The molecule has 0 aromatic rings. The van der Waals surface area contributed by atoms with E-state index in [9.17, 15) is 4.79 Å². The second kappa shape index (κ2) is 5.39. The summed E-state index contributed by atoms with van der Waals surface area (Å²) < 4.78 is 0. The minimum absolute atomic E-state index is 0.304. The quantitative estimate of drug-likeness (QED) is 0.740. The van der Waals surface area contributed by atoms with Crippen LogP contribution in [0.4, 0.5) is 0 Å². The van der Waals surface area contributed by atoms with Crippen LogP contribution < -0.4 is 5.32 Å². The van der Waals surface area contributed by atoms with Crippen LogP contribution in [0.25, 0.3) is 0 Å². The lowest BCUT2D eigenvalue weighted by molar-refractivity contribution is -0.123. The molecule has 92 valence electrons. The van der Waals surface area contributed by atoms with Crippen LogP contribution in [0, 0.1) is 23.7 Å². The third-order valence-electron chi connectivity index (χ3n) is 4.19. The van der Waals surface area contributed by atoms with Gasteiger partial charge in [-0.3, -0.25) is 4.79 Å². The molecule has 0 heterocycles. The number of nitrogens with one attached hydrogen (secondary N) is 1. The lowest BCUT2D eigenvalue weighted by atomic mass is 10.0. The van der Waals surface area contributed by atoms with E-state index in [4.69, 9.17) is 11.6 Å². The first-order valence-corrected chi connectivity index (χ1v) is 7.11. The summed E-state index contributed by atoms with van der Waals surface area (Å²) in [6.45, 7) is 2.93. The number of amides is 1. The number of rotatable bonds is 5. The zero-order valence-electron chi connectivity index (χ0n) is 10.0. The van der Waals surface area contributed by atoms with Crippen LogP contribution >= 0.6 is 11.6 Å². The van der Waals surface area contributed by atoms with Crippen molar-refractivity contribution in [3.63, 3.8) is 0 Å². The summed E-state index contributed by atoms with van der Waals surface area (Å²) in [5.41, 5.74) is 0. The molecule has 2 aliphatic carbocycles. The molecule has 0 saturated heterocycles. The van der Waals surface area contributed by atoms with Crippen LogP contribution in [0.5, 0.6) is 0 Å². The predicted molar refractivity (Wildman–Crippen MR) is 66.4 cm³/mol. The Balaban J connectivity index is 1.69. The largest absolute Gasteiger partial charge is 0.356 e. The highest BCUT2D eigenvalue weighted by Gasteiger charge is 2.54. The standard InChI is InChI=1S/C13H22ClNO/c1-9(6-7-14)8-15-13(16)12-10-4-2-3-5-11(10)12/h9-12H,2-8H2,1H3,(H,15,16). The molecule has 3 heteroatoms. The van der Waals surface area contributed by atoms with Crippen molar-refractivity contribution in [1.82, 2.24) is 5.32 Å². The van der Waals surface area contributed by atoms with E-state index in [0.29, 0.717) is 23.6 Å². The topological polar surface area (TPSA) is 29.1 Å². The van der Waals surface area contributed by atoms with Crippen LogP contribution in [-0.4, -0.2) is 18.3 Å². The Kier molecular flexibility index (Phi) is 4.12. The first kappa shape index (κ1) is 12.2. The molecule has 2 aliphatic rings. The summed E-state index contributed by atoms with van der Waals surface area (Å²) in [7, 11) is 0. The van der Waals surface area contributed by atoms with Crippen LogP contribution in [0.3, 0.4) is 0 Å². The summed E-state index contributed by atoms with van der Waals surface area (Å²) in [5, 5.41) is 3.09. The molecule has 2 rings (SSSR count). The maximum absolute atomic E-state index is 11.9. The first-order chi connectivity index (χ1) is 7.74. The molecule has 0 spiro atoms. The lowest BCUT2D eigenvalue weighted by Crippen LogP contribution is -2.30. The predicted octanol–water partition coefficient (Wildman–Crippen LogP) is 2.80. The molecule has 0 aliphatic heterocycles. The third kappa shape index (κ3) is 2.71. The zero-order chi connectivity index (χ0) is 11.5. The van der Waals surface area contributed by atoms with Crippen LogP contribution in [0.15, 0.2) is 0 Å². The van der Waals surface area contributed by atoms with E-state index in [1.165, 1.54) is 25.7 Å². The maximum atomic E-state index is 11.9. The molecule has 0 aromatic heterocycles. The fourth-order valence-electron chi connectivity index (χ4n) is 3.06. The third-order valence-corrected chi connectivity index (χ3v) is 4.40. The van der Waals surface area contributed by atoms with Gasteiger partial charge in [0.05, 0.1) is 0 Å². The Morgan fingerprint density at radius 3 is 2.56 bits per heavy atom. The minimum Gasteiger partial charge on any atom is -0.356 e. The molecule has 2 fully saturated rings. The molecule has 1 amide bonds. The van der Waals surface area contributed by atoms with Gasteiger partial charge < -0.3 is 5.32 Å². The fourth-order valence-corrected chi connectivity index (χ4v) is 3.43. The number of carbonyl (C=O) groups is 1. The molecular formula is C13H22ClNO. The summed E-state index contributed by atoms with van der Waals surface area (Å²) in [5.74, 6) is 3.28. The Morgan fingerprint density at radius 2 is 2.00 bits per heavy atom. The van der Waals surface area contributed by atoms with E-state index < -0.39 is 0 Å². The van der Waals surface area contributed by atoms with Gasteiger partial charge in [-0.05, 0) is 37.0 Å². The van der Waals surface area contributed by atoms with Crippen molar-refractivity contribution in [3.8, 4) is 0 Å². The molecule has 3 unspecified atom stereocenters. The highest BCUT2D eigenvalue weighted by Crippen LogP contribution is 2.55. The minimum atomic E-state index is 0.304. The van der Waals surface area contributed by atoms with Crippen molar-refractivity contribution in [2.75, 3.05) is 12.4 Å². The van der Waals surface area contributed by atoms with Gasteiger partial charge >= 0.3 is 0 Å². The van der Waals surface area contributed by atoms with Gasteiger partial charge in [0.2, 0.25) is 5.91 Å². The Labute approximate surface area is 103 Å². The van der Waals surface area contributed by atoms with Gasteiger partial charge in [-0.15, -0.1) is 11.6 Å². The van der Waals surface area contributed by atoms with Gasteiger partial charge in [-0.1, -0.05) is 19.8 Å². The van der Waals surface area contributed by atoms with Gasteiger partial charge in [0.15, 0.2) is 0 Å². The lowest BCUT2D eigenvalue weighted by Gasteiger charge is -2.10. The van der Waals surface area contributed by atoms with Crippen molar-refractivity contribution >= 4 is 17.5 Å². The van der Waals surface area contributed by atoms with Gasteiger partial charge in [0.1, 0.15) is 0 Å². The molecule has 2 saturated carbocycles. The van der Waals surface area contributed by atoms with Crippen molar-refractivity contribution in [2.24, 2.45) is 23.7 Å². The molecule has 0 radical (unpaired) electrons. The number of carbonyl (C=O) groups excluding carboxylic acids is 1. The molecule has 0 aromatic carbocycles. The molecular weight excluding hydrogens is 222 g/mol. The van der Waals surface area contributed by atoms with Crippen molar-refractivity contribution in [3.05, 3.63) is 0 Å². The average molecular weight is 244 g/mol. The van der Waals surface area contributed by atoms with Crippen LogP contribution in [0.2, 0.25) is 0 Å². The Hall–Kier alpha value is -0.240. The monoisotopic (exact) mass is 243 g/mol. The van der Waals surface area contributed by atoms with Crippen molar-refractivity contribution in [2.45, 2.75) is 39.0 Å². The number of fused-ring (bicyclic) bond motifs is 1. The smallest absolute Gasteiger partial charge is 0.223 e. The van der Waals surface area contributed by atoms with Gasteiger partial charge in [0.25, 0.3) is 0 Å². The molecule has 2 nitrogen and oxygen atoms in total. The van der Waals surface area contributed by atoms with E-state index in [1.807, 2.05) is 0 Å². The summed E-state index contributed by atoms with van der Waals surface area (Å²) >= 11 is 5.67. The SMILES string of the molecule is CC(CCCl)CNC(=O)C1C2CCCCC21. The molecule has 3 atom stereocenters. The number of hydrogen-bond donors (Lipinski definition) is 1. The highest BCUT2D eigenvalue weighted by molar-refractivity contribution is 6.17.